The summed E-state index contributed by atoms with van der Waals surface area (Å²) in [5.74, 6) is 0. The summed E-state index contributed by atoms with van der Waals surface area (Å²) in [6, 6.07) is 13.7. The molecule has 3 rings (SSSR count). The van der Waals surface area contributed by atoms with E-state index < -0.39 is 0 Å². The van der Waals surface area contributed by atoms with Crippen molar-refractivity contribution < 1.29 is 5.11 Å². The quantitative estimate of drug-likeness (QED) is 0.856. The van der Waals surface area contributed by atoms with Crippen molar-refractivity contribution in [1.29, 1.82) is 0 Å². The van der Waals surface area contributed by atoms with Crippen LogP contribution in [0.5, 0.6) is 0 Å². The highest BCUT2D eigenvalue weighted by atomic mass is 35.5. The molecule has 0 saturated carbocycles. The number of benzene rings is 2. The normalized spacial score (nSPS) is 18.2. The standard InChI is InChI=1S/C17H17Cl2NO/c18-14-7-3-5-12(17(14)19)11-20-10-4-9-16(21)13-6-1-2-8-15(13)20/h1-3,5-8,16,21H,4,9-11H2. The molecule has 2 aromatic rings. The zero-order valence-electron chi connectivity index (χ0n) is 11.6. The molecule has 0 fully saturated rings. The Hall–Kier alpha value is -1.22. The predicted octanol–water partition coefficient (Wildman–Crippen LogP) is 4.83. The van der Waals surface area contributed by atoms with Gasteiger partial charge in [0.2, 0.25) is 0 Å². The van der Waals surface area contributed by atoms with Gasteiger partial charge in [0.25, 0.3) is 0 Å². The molecule has 2 nitrogen and oxygen atoms in total. The smallest absolute Gasteiger partial charge is 0.0810 e. The average Bonchev–Trinajstić information content (AvgIpc) is 2.65. The molecule has 1 N–H and O–H groups in total. The van der Waals surface area contributed by atoms with Crippen LogP contribution < -0.4 is 4.90 Å². The van der Waals surface area contributed by atoms with Crippen molar-refractivity contribution in [2.24, 2.45) is 0 Å². The molecule has 0 radical (unpaired) electrons. The van der Waals surface area contributed by atoms with Gasteiger partial charge < -0.3 is 10.0 Å². The lowest BCUT2D eigenvalue weighted by Gasteiger charge is -2.26. The Morgan fingerprint density at radius 3 is 2.76 bits per heavy atom. The van der Waals surface area contributed by atoms with Gasteiger partial charge in [0.05, 0.1) is 16.1 Å². The summed E-state index contributed by atoms with van der Waals surface area (Å²) in [5, 5.41) is 11.4. The van der Waals surface area contributed by atoms with Gasteiger partial charge in [0, 0.05) is 24.3 Å². The summed E-state index contributed by atoms with van der Waals surface area (Å²) >= 11 is 12.4. The summed E-state index contributed by atoms with van der Waals surface area (Å²) in [7, 11) is 0. The maximum absolute atomic E-state index is 10.3. The van der Waals surface area contributed by atoms with Gasteiger partial charge in [-0.15, -0.1) is 0 Å². The largest absolute Gasteiger partial charge is 0.388 e. The highest BCUT2D eigenvalue weighted by molar-refractivity contribution is 6.42. The van der Waals surface area contributed by atoms with E-state index in [1.54, 1.807) is 6.07 Å². The van der Waals surface area contributed by atoms with E-state index in [1.165, 1.54) is 0 Å². The third-order valence-electron chi connectivity index (χ3n) is 3.93. The molecule has 0 spiro atoms. The van der Waals surface area contributed by atoms with E-state index in [-0.39, 0.29) is 6.10 Å². The second-order valence-corrected chi connectivity index (χ2v) is 6.14. The number of hydrogen-bond acceptors (Lipinski definition) is 2. The van der Waals surface area contributed by atoms with Crippen LogP contribution in [0.1, 0.15) is 30.1 Å². The van der Waals surface area contributed by atoms with Gasteiger partial charge in [-0.1, -0.05) is 53.5 Å². The number of fused-ring (bicyclic) bond motifs is 1. The van der Waals surface area contributed by atoms with Crippen molar-refractivity contribution in [3.05, 3.63) is 63.6 Å². The fourth-order valence-electron chi connectivity index (χ4n) is 2.85. The monoisotopic (exact) mass is 321 g/mol. The zero-order valence-corrected chi connectivity index (χ0v) is 13.1. The molecule has 0 bridgehead atoms. The second kappa shape index (κ2) is 6.27. The third-order valence-corrected chi connectivity index (χ3v) is 4.79. The van der Waals surface area contributed by atoms with E-state index in [0.29, 0.717) is 16.6 Å². The van der Waals surface area contributed by atoms with Crippen molar-refractivity contribution >= 4 is 28.9 Å². The number of nitrogens with zero attached hydrogens (tertiary/aromatic N) is 1. The lowest BCUT2D eigenvalue weighted by Crippen LogP contribution is -2.23. The molecule has 21 heavy (non-hydrogen) atoms. The first kappa shape index (κ1) is 14.7. The van der Waals surface area contributed by atoms with Crippen molar-refractivity contribution in [3.8, 4) is 0 Å². The van der Waals surface area contributed by atoms with Crippen LogP contribution in [0.4, 0.5) is 5.69 Å². The number of para-hydroxylation sites is 1. The summed E-state index contributed by atoms with van der Waals surface area (Å²) in [6.07, 6.45) is 1.35. The molecule has 0 amide bonds. The van der Waals surface area contributed by atoms with Gasteiger partial charge in [-0.25, -0.2) is 0 Å². The molecule has 0 aromatic heterocycles. The first-order valence-corrected chi connectivity index (χ1v) is 7.87. The highest BCUT2D eigenvalue weighted by Crippen LogP contribution is 2.35. The topological polar surface area (TPSA) is 23.5 Å². The van der Waals surface area contributed by atoms with Crippen LogP contribution in [0.15, 0.2) is 42.5 Å². The number of halogens is 2. The Balaban J connectivity index is 1.95. The predicted molar refractivity (Wildman–Crippen MR) is 88.1 cm³/mol. The second-order valence-electron chi connectivity index (χ2n) is 5.35. The molecular formula is C17H17Cl2NO. The maximum Gasteiger partial charge on any atom is 0.0810 e. The first-order chi connectivity index (χ1) is 10.2. The van der Waals surface area contributed by atoms with Gasteiger partial charge in [-0.3, -0.25) is 0 Å². The van der Waals surface area contributed by atoms with E-state index in [4.69, 9.17) is 23.2 Å². The number of rotatable bonds is 2. The molecule has 1 aliphatic heterocycles. The Morgan fingerprint density at radius 2 is 1.90 bits per heavy atom. The first-order valence-electron chi connectivity index (χ1n) is 7.11. The Labute approximate surface area is 134 Å². The molecule has 0 saturated heterocycles. The van der Waals surface area contributed by atoms with Gasteiger partial charge in [-0.05, 0) is 30.5 Å². The minimum absolute atomic E-state index is 0.388. The molecule has 1 aliphatic rings. The van der Waals surface area contributed by atoms with Crippen LogP contribution in [0.2, 0.25) is 10.0 Å². The van der Waals surface area contributed by atoms with Gasteiger partial charge in [0.1, 0.15) is 0 Å². The maximum atomic E-state index is 10.3. The molecule has 110 valence electrons. The third kappa shape index (κ3) is 3.03. The molecule has 0 aliphatic carbocycles. The molecule has 4 heteroatoms. The van der Waals surface area contributed by atoms with Crippen LogP contribution in [-0.4, -0.2) is 11.7 Å². The van der Waals surface area contributed by atoms with Crippen molar-refractivity contribution in [2.75, 3.05) is 11.4 Å². The summed E-state index contributed by atoms with van der Waals surface area (Å²) in [6.45, 7) is 1.60. The van der Waals surface area contributed by atoms with Crippen molar-refractivity contribution in [1.82, 2.24) is 0 Å². The fourth-order valence-corrected chi connectivity index (χ4v) is 3.23. The molecular weight excluding hydrogens is 305 g/mol. The van der Waals surface area contributed by atoms with E-state index in [0.717, 1.165) is 36.2 Å². The lowest BCUT2D eigenvalue weighted by atomic mass is 10.0. The summed E-state index contributed by atoms with van der Waals surface area (Å²) in [4.78, 5) is 2.27. The van der Waals surface area contributed by atoms with Crippen LogP contribution in [0.25, 0.3) is 0 Å². The number of hydrogen-bond donors (Lipinski definition) is 1. The van der Waals surface area contributed by atoms with Gasteiger partial charge in [0.15, 0.2) is 0 Å². The molecule has 1 atom stereocenters. The van der Waals surface area contributed by atoms with E-state index >= 15 is 0 Å². The van der Waals surface area contributed by atoms with Gasteiger partial charge in [-0.2, -0.15) is 0 Å². The van der Waals surface area contributed by atoms with Crippen LogP contribution >= 0.6 is 23.2 Å². The number of aliphatic hydroxyl groups is 1. The number of anilines is 1. The van der Waals surface area contributed by atoms with Crippen molar-refractivity contribution in [2.45, 2.75) is 25.5 Å². The van der Waals surface area contributed by atoms with Crippen molar-refractivity contribution in [3.63, 3.8) is 0 Å². The molecule has 2 aromatic carbocycles. The summed E-state index contributed by atoms with van der Waals surface area (Å²) < 4.78 is 0. The van der Waals surface area contributed by atoms with Gasteiger partial charge >= 0.3 is 0 Å². The van der Waals surface area contributed by atoms with Crippen LogP contribution in [0.3, 0.4) is 0 Å². The van der Waals surface area contributed by atoms with Crippen LogP contribution in [-0.2, 0) is 6.54 Å². The minimum atomic E-state index is -0.388. The summed E-state index contributed by atoms with van der Waals surface area (Å²) in [5.41, 5.74) is 3.09. The lowest BCUT2D eigenvalue weighted by molar-refractivity contribution is 0.168. The minimum Gasteiger partial charge on any atom is -0.388 e. The molecule has 1 heterocycles. The Kier molecular flexibility index (Phi) is 4.39. The van der Waals surface area contributed by atoms with E-state index in [2.05, 4.69) is 11.0 Å². The van der Waals surface area contributed by atoms with E-state index in [1.807, 2.05) is 30.3 Å². The molecule has 1 unspecified atom stereocenters. The van der Waals surface area contributed by atoms with E-state index in [9.17, 15) is 5.11 Å². The Bertz CT molecular complexity index is 644. The SMILES string of the molecule is OC1CCCN(Cc2cccc(Cl)c2Cl)c2ccccc21. The average molecular weight is 322 g/mol. The zero-order chi connectivity index (χ0) is 14.8. The van der Waals surface area contributed by atoms with Crippen LogP contribution in [0, 0.1) is 0 Å². The number of aliphatic hydroxyl groups excluding tert-OH is 1. The Morgan fingerprint density at radius 1 is 1.10 bits per heavy atom. The fraction of sp³-hybridized carbons (Fsp3) is 0.294. The highest BCUT2D eigenvalue weighted by Gasteiger charge is 2.21.